The maximum atomic E-state index is 12.8. The molecule has 1 heterocycles. The molecule has 4 rings (SSSR count). The lowest BCUT2D eigenvalue weighted by molar-refractivity contribution is 0.102. The smallest absolute Gasteiger partial charge is 0.256 e. The molecular formula is C24H24N2O2. The number of nitrogens with one attached hydrogen (secondary N) is 1. The molecular weight excluding hydrogens is 348 g/mol. The SMILES string of the molecule is Cc1ccc(Oc2ccccc2)cc1C(=O)Nc1ccc(N2CCCC2)cc1. The number of amides is 1. The first-order valence-corrected chi connectivity index (χ1v) is 9.69. The fourth-order valence-corrected chi connectivity index (χ4v) is 3.46. The summed E-state index contributed by atoms with van der Waals surface area (Å²) in [5.74, 6) is 1.26. The quantitative estimate of drug-likeness (QED) is 0.630. The highest BCUT2D eigenvalue weighted by molar-refractivity contribution is 6.05. The normalized spacial score (nSPS) is 13.4. The highest BCUT2D eigenvalue weighted by Crippen LogP contribution is 2.25. The Morgan fingerprint density at radius 2 is 1.61 bits per heavy atom. The average molecular weight is 372 g/mol. The number of anilines is 2. The number of aryl methyl sites for hydroxylation is 1. The molecule has 0 atom stereocenters. The topological polar surface area (TPSA) is 41.6 Å². The summed E-state index contributed by atoms with van der Waals surface area (Å²) >= 11 is 0. The van der Waals surface area contributed by atoms with Gasteiger partial charge in [-0.15, -0.1) is 0 Å². The molecule has 0 saturated carbocycles. The molecule has 0 aromatic heterocycles. The first-order valence-electron chi connectivity index (χ1n) is 9.69. The van der Waals surface area contributed by atoms with Crippen molar-refractivity contribution < 1.29 is 9.53 Å². The number of benzene rings is 3. The summed E-state index contributed by atoms with van der Waals surface area (Å²) in [6.45, 7) is 4.15. The fourth-order valence-electron chi connectivity index (χ4n) is 3.46. The number of carbonyl (C=O) groups excluding carboxylic acids is 1. The Hall–Kier alpha value is -3.27. The van der Waals surface area contributed by atoms with Crippen molar-refractivity contribution in [3.05, 3.63) is 83.9 Å². The summed E-state index contributed by atoms with van der Waals surface area (Å²) in [7, 11) is 0. The lowest BCUT2D eigenvalue weighted by Gasteiger charge is -2.18. The molecule has 4 heteroatoms. The van der Waals surface area contributed by atoms with E-state index in [1.54, 1.807) is 6.07 Å². The molecule has 4 nitrogen and oxygen atoms in total. The van der Waals surface area contributed by atoms with Gasteiger partial charge >= 0.3 is 0 Å². The van der Waals surface area contributed by atoms with E-state index in [1.807, 2.05) is 61.5 Å². The van der Waals surface area contributed by atoms with Gasteiger partial charge in [-0.1, -0.05) is 24.3 Å². The second-order valence-electron chi connectivity index (χ2n) is 7.09. The van der Waals surface area contributed by atoms with Crippen molar-refractivity contribution in [2.75, 3.05) is 23.3 Å². The van der Waals surface area contributed by atoms with Crippen LogP contribution >= 0.6 is 0 Å². The van der Waals surface area contributed by atoms with Crippen LogP contribution in [0.15, 0.2) is 72.8 Å². The zero-order chi connectivity index (χ0) is 19.3. The maximum Gasteiger partial charge on any atom is 0.256 e. The highest BCUT2D eigenvalue weighted by Gasteiger charge is 2.14. The van der Waals surface area contributed by atoms with Gasteiger partial charge in [0.15, 0.2) is 0 Å². The van der Waals surface area contributed by atoms with E-state index in [2.05, 4.69) is 22.3 Å². The molecule has 1 aliphatic rings. The van der Waals surface area contributed by atoms with Crippen LogP contribution in [0.5, 0.6) is 11.5 Å². The van der Waals surface area contributed by atoms with Gasteiger partial charge in [0.25, 0.3) is 5.91 Å². The number of nitrogens with zero attached hydrogens (tertiary/aromatic N) is 1. The molecule has 1 aliphatic heterocycles. The van der Waals surface area contributed by atoms with Gasteiger partial charge in [-0.2, -0.15) is 0 Å². The van der Waals surface area contributed by atoms with Crippen LogP contribution in [0.25, 0.3) is 0 Å². The largest absolute Gasteiger partial charge is 0.457 e. The number of hydrogen-bond donors (Lipinski definition) is 1. The summed E-state index contributed by atoms with van der Waals surface area (Å²) in [4.78, 5) is 15.2. The molecule has 0 aliphatic carbocycles. The van der Waals surface area contributed by atoms with Crippen molar-refractivity contribution in [1.29, 1.82) is 0 Å². The highest BCUT2D eigenvalue weighted by atomic mass is 16.5. The lowest BCUT2D eigenvalue weighted by Crippen LogP contribution is -2.17. The molecule has 0 bridgehead atoms. The summed E-state index contributed by atoms with van der Waals surface area (Å²) < 4.78 is 5.86. The molecule has 1 fully saturated rings. The number of carbonyl (C=O) groups is 1. The first-order chi connectivity index (χ1) is 13.7. The summed E-state index contributed by atoms with van der Waals surface area (Å²) in [5.41, 5.74) is 3.52. The van der Waals surface area contributed by atoms with E-state index in [0.717, 1.165) is 30.1 Å². The Kier molecular flexibility index (Phi) is 5.29. The van der Waals surface area contributed by atoms with Crippen molar-refractivity contribution in [3.63, 3.8) is 0 Å². The van der Waals surface area contributed by atoms with Crippen LogP contribution in [0, 0.1) is 6.92 Å². The molecule has 28 heavy (non-hydrogen) atoms. The molecule has 142 valence electrons. The maximum absolute atomic E-state index is 12.8. The molecule has 0 spiro atoms. The van der Waals surface area contributed by atoms with Crippen molar-refractivity contribution in [2.24, 2.45) is 0 Å². The van der Waals surface area contributed by atoms with Gasteiger partial charge in [-0.3, -0.25) is 4.79 Å². The zero-order valence-corrected chi connectivity index (χ0v) is 16.0. The minimum atomic E-state index is -0.134. The third-order valence-electron chi connectivity index (χ3n) is 5.03. The van der Waals surface area contributed by atoms with Crippen LogP contribution in [0.3, 0.4) is 0 Å². The monoisotopic (exact) mass is 372 g/mol. The Balaban J connectivity index is 1.47. The second-order valence-corrected chi connectivity index (χ2v) is 7.09. The number of hydrogen-bond acceptors (Lipinski definition) is 3. The van der Waals surface area contributed by atoms with E-state index in [9.17, 15) is 4.79 Å². The third-order valence-corrected chi connectivity index (χ3v) is 5.03. The molecule has 0 unspecified atom stereocenters. The Morgan fingerprint density at radius 1 is 0.893 bits per heavy atom. The van der Waals surface area contributed by atoms with Gasteiger partial charge in [-0.05, 0) is 73.9 Å². The Labute approximate surface area is 165 Å². The van der Waals surface area contributed by atoms with Crippen LogP contribution in [0.4, 0.5) is 11.4 Å². The van der Waals surface area contributed by atoms with E-state index in [0.29, 0.717) is 11.3 Å². The van der Waals surface area contributed by atoms with Crippen LogP contribution in [-0.4, -0.2) is 19.0 Å². The molecule has 0 radical (unpaired) electrons. The molecule has 1 saturated heterocycles. The minimum Gasteiger partial charge on any atom is -0.457 e. The van der Waals surface area contributed by atoms with Gasteiger partial charge in [-0.25, -0.2) is 0 Å². The van der Waals surface area contributed by atoms with E-state index >= 15 is 0 Å². The molecule has 1 N–H and O–H groups in total. The molecule has 3 aromatic rings. The van der Waals surface area contributed by atoms with Crippen molar-refractivity contribution in [3.8, 4) is 11.5 Å². The second kappa shape index (κ2) is 8.17. The van der Waals surface area contributed by atoms with E-state index in [-0.39, 0.29) is 5.91 Å². The number of ether oxygens (including phenoxy) is 1. The van der Waals surface area contributed by atoms with Gasteiger partial charge in [0.05, 0.1) is 0 Å². The standard InChI is InChI=1S/C24H24N2O2/c1-18-9-14-22(28-21-7-3-2-4-8-21)17-23(18)24(27)25-19-10-12-20(13-11-19)26-15-5-6-16-26/h2-4,7-14,17H,5-6,15-16H2,1H3,(H,25,27). The summed E-state index contributed by atoms with van der Waals surface area (Å²) in [6.07, 6.45) is 2.50. The van der Waals surface area contributed by atoms with Gasteiger partial charge in [0.2, 0.25) is 0 Å². The number of para-hydroxylation sites is 1. The van der Waals surface area contributed by atoms with Gasteiger partial charge < -0.3 is 15.0 Å². The van der Waals surface area contributed by atoms with Gasteiger partial charge in [0, 0.05) is 30.0 Å². The zero-order valence-electron chi connectivity index (χ0n) is 16.0. The minimum absolute atomic E-state index is 0.134. The molecule has 1 amide bonds. The Bertz CT molecular complexity index is 946. The lowest BCUT2D eigenvalue weighted by atomic mass is 10.1. The van der Waals surface area contributed by atoms with Crippen molar-refractivity contribution in [2.45, 2.75) is 19.8 Å². The first kappa shape index (κ1) is 18.1. The molecule has 3 aromatic carbocycles. The average Bonchev–Trinajstić information content (AvgIpc) is 3.25. The van der Waals surface area contributed by atoms with Crippen molar-refractivity contribution >= 4 is 17.3 Å². The predicted octanol–water partition coefficient (Wildman–Crippen LogP) is 5.64. The Morgan fingerprint density at radius 3 is 2.32 bits per heavy atom. The van der Waals surface area contributed by atoms with Crippen LogP contribution in [0.2, 0.25) is 0 Å². The van der Waals surface area contributed by atoms with E-state index in [4.69, 9.17) is 4.74 Å². The van der Waals surface area contributed by atoms with Crippen molar-refractivity contribution in [1.82, 2.24) is 0 Å². The summed E-state index contributed by atoms with van der Waals surface area (Å²) in [6, 6.07) is 23.2. The van der Waals surface area contributed by atoms with Crippen LogP contribution < -0.4 is 15.0 Å². The van der Waals surface area contributed by atoms with E-state index < -0.39 is 0 Å². The van der Waals surface area contributed by atoms with Gasteiger partial charge in [0.1, 0.15) is 11.5 Å². The third kappa shape index (κ3) is 4.17. The summed E-state index contributed by atoms with van der Waals surface area (Å²) in [5, 5.41) is 2.99. The number of rotatable bonds is 5. The van der Waals surface area contributed by atoms with Crippen LogP contribution in [-0.2, 0) is 0 Å². The van der Waals surface area contributed by atoms with E-state index in [1.165, 1.54) is 18.5 Å². The van der Waals surface area contributed by atoms with Crippen LogP contribution in [0.1, 0.15) is 28.8 Å². The fraction of sp³-hybridized carbons (Fsp3) is 0.208. The predicted molar refractivity (Wildman–Crippen MR) is 114 cm³/mol.